The molecule has 0 amide bonds. The predicted octanol–water partition coefficient (Wildman–Crippen LogP) is 0.264. The Balaban J connectivity index is 1.72. The number of ether oxygens (including phenoxy) is 1. The van der Waals surface area contributed by atoms with Crippen molar-refractivity contribution in [2.45, 2.75) is 38.3 Å². The highest BCUT2D eigenvalue weighted by atomic mass is 32.2. The first-order valence-electron chi connectivity index (χ1n) is 7.37. The van der Waals surface area contributed by atoms with E-state index in [0.29, 0.717) is 24.2 Å². The maximum absolute atomic E-state index is 11.6. The van der Waals surface area contributed by atoms with Gasteiger partial charge in [0.25, 0.3) is 0 Å². The smallest absolute Gasteiger partial charge is 0.153 e. The van der Waals surface area contributed by atoms with E-state index in [1.54, 1.807) is 0 Å². The van der Waals surface area contributed by atoms with Crippen LogP contribution in [0, 0.1) is 0 Å². The average Bonchev–Trinajstić information content (AvgIpc) is 2.36. The second kappa shape index (κ2) is 7.02. The van der Waals surface area contributed by atoms with E-state index in [2.05, 4.69) is 10.2 Å². The van der Waals surface area contributed by atoms with Crippen molar-refractivity contribution in [3.05, 3.63) is 0 Å². The molecule has 0 aromatic rings. The van der Waals surface area contributed by atoms with Gasteiger partial charge < -0.3 is 15.0 Å². The molecule has 2 rings (SSSR count). The summed E-state index contributed by atoms with van der Waals surface area (Å²) in [5, 5.41) is 3.31. The van der Waals surface area contributed by atoms with Crippen molar-refractivity contribution in [2.75, 3.05) is 44.3 Å². The Morgan fingerprint density at radius 3 is 3.00 bits per heavy atom. The summed E-state index contributed by atoms with van der Waals surface area (Å²) < 4.78 is 28.8. The number of sulfone groups is 1. The quantitative estimate of drug-likeness (QED) is 0.787. The lowest BCUT2D eigenvalue weighted by molar-refractivity contribution is 0.00519. The zero-order valence-corrected chi connectivity index (χ0v) is 12.6. The van der Waals surface area contributed by atoms with E-state index in [-0.39, 0.29) is 6.04 Å². The number of hydrogen-bond donors (Lipinski definition) is 1. The molecule has 19 heavy (non-hydrogen) atoms. The van der Waals surface area contributed by atoms with E-state index < -0.39 is 9.84 Å². The summed E-state index contributed by atoms with van der Waals surface area (Å²) in [6.45, 7) is 6.50. The van der Waals surface area contributed by atoms with Crippen LogP contribution in [0.1, 0.15) is 26.2 Å². The van der Waals surface area contributed by atoms with Gasteiger partial charge in [0.15, 0.2) is 9.84 Å². The van der Waals surface area contributed by atoms with E-state index in [0.717, 1.165) is 39.1 Å². The highest BCUT2D eigenvalue weighted by Gasteiger charge is 2.25. The molecule has 2 aliphatic heterocycles. The fourth-order valence-electron chi connectivity index (χ4n) is 2.98. The molecular formula is C13H26N2O3S. The van der Waals surface area contributed by atoms with Crippen LogP contribution in [0.3, 0.4) is 0 Å². The normalized spacial score (nSPS) is 32.3. The van der Waals surface area contributed by atoms with Crippen LogP contribution in [-0.4, -0.2) is 69.8 Å². The summed E-state index contributed by atoms with van der Waals surface area (Å²) >= 11 is 0. The van der Waals surface area contributed by atoms with Crippen LogP contribution < -0.4 is 5.32 Å². The van der Waals surface area contributed by atoms with Gasteiger partial charge in [-0.3, -0.25) is 0 Å². The molecule has 0 aromatic heterocycles. The zero-order valence-electron chi connectivity index (χ0n) is 11.8. The number of hydrogen-bond acceptors (Lipinski definition) is 5. The Morgan fingerprint density at radius 2 is 2.26 bits per heavy atom. The van der Waals surface area contributed by atoms with Crippen molar-refractivity contribution in [1.82, 2.24) is 10.2 Å². The van der Waals surface area contributed by atoms with Crippen molar-refractivity contribution in [1.29, 1.82) is 0 Å². The summed E-state index contributed by atoms with van der Waals surface area (Å²) in [5.74, 6) is 0.593. The minimum Gasteiger partial charge on any atom is -0.377 e. The number of nitrogens with zero attached hydrogens (tertiary/aromatic N) is 1. The molecule has 2 aliphatic rings. The summed E-state index contributed by atoms with van der Waals surface area (Å²) in [6.07, 6.45) is 3.61. The summed E-state index contributed by atoms with van der Waals surface area (Å²) in [5.41, 5.74) is 0. The van der Waals surface area contributed by atoms with Gasteiger partial charge in [-0.2, -0.15) is 0 Å². The Hall–Kier alpha value is -0.170. The molecule has 0 spiro atoms. The molecule has 0 radical (unpaired) electrons. The van der Waals surface area contributed by atoms with Gasteiger partial charge in [-0.1, -0.05) is 0 Å². The molecule has 1 N–H and O–H groups in total. The molecular weight excluding hydrogens is 264 g/mol. The van der Waals surface area contributed by atoms with Crippen molar-refractivity contribution in [3.8, 4) is 0 Å². The van der Waals surface area contributed by atoms with Crippen molar-refractivity contribution >= 4 is 9.84 Å². The van der Waals surface area contributed by atoms with Crippen LogP contribution in [0.5, 0.6) is 0 Å². The van der Waals surface area contributed by atoms with Gasteiger partial charge in [-0.05, 0) is 39.3 Å². The molecule has 5 nitrogen and oxygen atoms in total. The predicted molar refractivity (Wildman–Crippen MR) is 76.1 cm³/mol. The summed E-state index contributed by atoms with van der Waals surface area (Å²) in [4.78, 5) is 2.41. The van der Waals surface area contributed by atoms with Crippen LogP contribution >= 0.6 is 0 Å². The standard InChI is InChI=1S/C13H26N2O3S/c1-2-18-13-4-3-7-15(10-13)8-5-12-11-19(16,17)9-6-14-12/h12-14H,2-11H2,1H3. The van der Waals surface area contributed by atoms with Gasteiger partial charge in [-0.25, -0.2) is 8.42 Å². The molecule has 0 aromatic carbocycles. The van der Waals surface area contributed by atoms with Crippen molar-refractivity contribution < 1.29 is 13.2 Å². The van der Waals surface area contributed by atoms with Crippen LogP contribution in [0.2, 0.25) is 0 Å². The SMILES string of the molecule is CCOC1CCCN(CCC2CS(=O)(=O)CCN2)C1. The Bertz CT molecular complexity index is 370. The van der Waals surface area contributed by atoms with Gasteiger partial charge in [0.2, 0.25) is 0 Å². The Morgan fingerprint density at radius 1 is 1.42 bits per heavy atom. The van der Waals surface area contributed by atoms with Gasteiger partial charge in [0.05, 0.1) is 17.6 Å². The maximum atomic E-state index is 11.6. The number of nitrogens with one attached hydrogen (secondary N) is 1. The molecule has 0 saturated carbocycles. The lowest BCUT2D eigenvalue weighted by Gasteiger charge is -2.34. The highest BCUT2D eigenvalue weighted by molar-refractivity contribution is 7.91. The van der Waals surface area contributed by atoms with E-state index in [4.69, 9.17) is 4.74 Å². The number of piperidine rings is 1. The van der Waals surface area contributed by atoms with Crippen molar-refractivity contribution in [3.63, 3.8) is 0 Å². The maximum Gasteiger partial charge on any atom is 0.153 e. The largest absolute Gasteiger partial charge is 0.377 e. The molecule has 112 valence electrons. The monoisotopic (exact) mass is 290 g/mol. The van der Waals surface area contributed by atoms with Crippen molar-refractivity contribution in [2.24, 2.45) is 0 Å². The first-order valence-corrected chi connectivity index (χ1v) is 9.19. The number of likely N-dealkylation sites (tertiary alicyclic amines) is 1. The third kappa shape index (κ3) is 5.02. The first-order chi connectivity index (χ1) is 9.09. The van der Waals surface area contributed by atoms with E-state index in [9.17, 15) is 8.42 Å². The summed E-state index contributed by atoms with van der Waals surface area (Å²) in [6, 6.07) is 0.131. The van der Waals surface area contributed by atoms with Crippen LogP contribution in [-0.2, 0) is 14.6 Å². The van der Waals surface area contributed by atoms with Crippen LogP contribution in [0.4, 0.5) is 0 Å². The Kier molecular flexibility index (Phi) is 5.62. The summed E-state index contributed by atoms with van der Waals surface area (Å²) in [7, 11) is -2.81. The van der Waals surface area contributed by atoms with E-state index in [1.807, 2.05) is 6.92 Å². The molecule has 2 atom stereocenters. The third-order valence-electron chi connectivity index (χ3n) is 3.96. The molecule has 2 heterocycles. The molecule has 2 unspecified atom stereocenters. The van der Waals surface area contributed by atoms with E-state index in [1.165, 1.54) is 6.42 Å². The molecule has 2 saturated heterocycles. The van der Waals surface area contributed by atoms with Gasteiger partial charge in [0.1, 0.15) is 0 Å². The van der Waals surface area contributed by atoms with Crippen LogP contribution in [0.15, 0.2) is 0 Å². The Labute approximate surface area is 116 Å². The second-order valence-corrected chi connectivity index (χ2v) is 7.80. The van der Waals surface area contributed by atoms with Crippen LogP contribution in [0.25, 0.3) is 0 Å². The molecule has 2 fully saturated rings. The molecule has 0 aliphatic carbocycles. The second-order valence-electron chi connectivity index (χ2n) is 5.57. The van der Waals surface area contributed by atoms with Gasteiger partial charge >= 0.3 is 0 Å². The molecule has 0 bridgehead atoms. The lowest BCUT2D eigenvalue weighted by Crippen LogP contribution is -2.47. The number of rotatable bonds is 5. The first kappa shape index (κ1) is 15.2. The lowest BCUT2D eigenvalue weighted by atomic mass is 10.1. The average molecular weight is 290 g/mol. The highest BCUT2D eigenvalue weighted by Crippen LogP contribution is 2.14. The minimum absolute atomic E-state index is 0.131. The third-order valence-corrected chi connectivity index (χ3v) is 5.70. The minimum atomic E-state index is -2.81. The van der Waals surface area contributed by atoms with E-state index >= 15 is 0 Å². The zero-order chi connectivity index (χ0) is 13.7. The molecule has 6 heteroatoms. The fraction of sp³-hybridized carbons (Fsp3) is 1.00. The van der Waals surface area contributed by atoms with Gasteiger partial charge in [0, 0.05) is 25.7 Å². The topological polar surface area (TPSA) is 58.6 Å². The van der Waals surface area contributed by atoms with Gasteiger partial charge in [-0.15, -0.1) is 0 Å². The fourth-order valence-corrected chi connectivity index (χ4v) is 4.47.